The average molecular weight is 220 g/mol. The molecule has 0 radical (unpaired) electrons. The van der Waals surface area contributed by atoms with Gasteiger partial charge in [0.2, 0.25) is 0 Å². The first-order chi connectivity index (χ1) is 7.81. The molecule has 3 nitrogen and oxygen atoms in total. The second kappa shape index (κ2) is 5.41. The van der Waals surface area contributed by atoms with Gasteiger partial charge in [-0.15, -0.1) is 0 Å². The van der Waals surface area contributed by atoms with E-state index in [1.165, 1.54) is 12.0 Å². The summed E-state index contributed by atoms with van der Waals surface area (Å²) < 4.78 is 5.87. The van der Waals surface area contributed by atoms with Gasteiger partial charge in [0.25, 0.3) is 0 Å². The minimum atomic E-state index is 0.191. The molecule has 3 heteroatoms. The summed E-state index contributed by atoms with van der Waals surface area (Å²) in [5, 5.41) is 0. The minimum absolute atomic E-state index is 0.191. The number of rotatable bonds is 3. The van der Waals surface area contributed by atoms with Crippen molar-refractivity contribution in [3.05, 3.63) is 30.1 Å². The lowest BCUT2D eigenvalue weighted by atomic mass is 10.1. The zero-order valence-corrected chi connectivity index (χ0v) is 10.1. The van der Waals surface area contributed by atoms with Crippen LogP contribution >= 0.6 is 0 Å². The summed E-state index contributed by atoms with van der Waals surface area (Å²) >= 11 is 0. The molecular weight excluding hydrogens is 200 g/mol. The smallest absolute Gasteiger partial charge is 0.0967 e. The Morgan fingerprint density at radius 2 is 2.44 bits per heavy atom. The molecule has 0 amide bonds. The molecule has 0 spiro atoms. The molecule has 2 unspecified atom stereocenters. The summed E-state index contributed by atoms with van der Waals surface area (Å²) in [6.45, 7) is 7.41. The highest BCUT2D eigenvalue weighted by Gasteiger charge is 2.26. The Hall–Kier alpha value is -0.930. The van der Waals surface area contributed by atoms with Gasteiger partial charge in [0.1, 0.15) is 0 Å². The predicted octanol–water partition coefficient (Wildman–Crippen LogP) is 2.25. The second-order valence-electron chi connectivity index (χ2n) is 4.45. The SMILES string of the molecule is CCCN1CC(c2cccnc2)OCC1C. The van der Waals surface area contributed by atoms with E-state index in [1.807, 2.05) is 12.3 Å². The molecule has 2 rings (SSSR count). The number of pyridine rings is 1. The van der Waals surface area contributed by atoms with Crippen LogP contribution in [0.5, 0.6) is 0 Å². The van der Waals surface area contributed by atoms with E-state index in [2.05, 4.69) is 29.8 Å². The van der Waals surface area contributed by atoms with Gasteiger partial charge in [0, 0.05) is 30.5 Å². The van der Waals surface area contributed by atoms with Gasteiger partial charge < -0.3 is 4.74 Å². The van der Waals surface area contributed by atoms with Gasteiger partial charge in [-0.05, 0) is 26.0 Å². The van der Waals surface area contributed by atoms with Crippen LogP contribution in [-0.4, -0.2) is 35.6 Å². The second-order valence-corrected chi connectivity index (χ2v) is 4.45. The van der Waals surface area contributed by atoms with E-state index in [-0.39, 0.29) is 6.10 Å². The Morgan fingerprint density at radius 3 is 3.12 bits per heavy atom. The molecule has 0 bridgehead atoms. The van der Waals surface area contributed by atoms with Crippen molar-refractivity contribution in [2.45, 2.75) is 32.4 Å². The van der Waals surface area contributed by atoms with Crippen LogP contribution in [0.2, 0.25) is 0 Å². The van der Waals surface area contributed by atoms with Crippen molar-refractivity contribution in [1.82, 2.24) is 9.88 Å². The first-order valence-electron chi connectivity index (χ1n) is 6.07. The topological polar surface area (TPSA) is 25.4 Å². The van der Waals surface area contributed by atoms with Crippen molar-refractivity contribution in [3.8, 4) is 0 Å². The molecule has 1 aromatic heterocycles. The Balaban J connectivity index is 2.03. The molecule has 1 aliphatic heterocycles. The summed E-state index contributed by atoms with van der Waals surface area (Å²) in [6, 6.07) is 4.60. The highest BCUT2D eigenvalue weighted by atomic mass is 16.5. The summed E-state index contributed by atoms with van der Waals surface area (Å²) in [5.74, 6) is 0. The van der Waals surface area contributed by atoms with Gasteiger partial charge in [-0.3, -0.25) is 9.88 Å². The molecule has 0 saturated carbocycles. The fourth-order valence-electron chi connectivity index (χ4n) is 2.17. The first-order valence-corrected chi connectivity index (χ1v) is 6.07. The van der Waals surface area contributed by atoms with Crippen LogP contribution in [0.15, 0.2) is 24.5 Å². The van der Waals surface area contributed by atoms with E-state index in [1.54, 1.807) is 6.20 Å². The van der Waals surface area contributed by atoms with Crippen molar-refractivity contribution >= 4 is 0 Å². The van der Waals surface area contributed by atoms with E-state index in [0.717, 1.165) is 19.7 Å². The molecule has 1 aromatic rings. The standard InChI is InChI=1S/C13H20N2O/c1-3-7-15-9-13(16-10-11(15)2)12-5-4-6-14-8-12/h4-6,8,11,13H,3,7,9-10H2,1-2H3. The van der Waals surface area contributed by atoms with Gasteiger partial charge in [-0.1, -0.05) is 13.0 Å². The van der Waals surface area contributed by atoms with Crippen LogP contribution < -0.4 is 0 Å². The Bertz CT molecular complexity index is 315. The molecule has 16 heavy (non-hydrogen) atoms. The molecule has 88 valence electrons. The van der Waals surface area contributed by atoms with Crippen molar-refractivity contribution in [1.29, 1.82) is 0 Å². The highest BCUT2D eigenvalue weighted by molar-refractivity contribution is 5.13. The lowest BCUT2D eigenvalue weighted by molar-refractivity contribution is -0.0599. The van der Waals surface area contributed by atoms with Crippen LogP contribution in [0.1, 0.15) is 31.9 Å². The Labute approximate surface area is 97.4 Å². The molecule has 0 aromatic carbocycles. The summed E-state index contributed by atoms with van der Waals surface area (Å²) in [5.41, 5.74) is 1.19. The fourth-order valence-corrected chi connectivity index (χ4v) is 2.17. The van der Waals surface area contributed by atoms with Crippen LogP contribution in [0.3, 0.4) is 0 Å². The monoisotopic (exact) mass is 220 g/mol. The van der Waals surface area contributed by atoms with Crippen LogP contribution in [0.25, 0.3) is 0 Å². The van der Waals surface area contributed by atoms with Gasteiger partial charge in [0.15, 0.2) is 0 Å². The third-order valence-electron chi connectivity index (χ3n) is 3.13. The van der Waals surface area contributed by atoms with E-state index in [9.17, 15) is 0 Å². The van der Waals surface area contributed by atoms with Crippen LogP contribution in [-0.2, 0) is 4.74 Å². The third-order valence-corrected chi connectivity index (χ3v) is 3.13. The zero-order chi connectivity index (χ0) is 11.4. The normalized spacial score (nSPS) is 26.9. The highest BCUT2D eigenvalue weighted by Crippen LogP contribution is 2.24. The molecule has 2 heterocycles. The van der Waals surface area contributed by atoms with Crippen molar-refractivity contribution < 1.29 is 4.74 Å². The van der Waals surface area contributed by atoms with E-state index < -0.39 is 0 Å². The fraction of sp³-hybridized carbons (Fsp3) is 0.615. The Kier molecular flexibility index (Phi) is 3.91. The predicted molar refractivity (Wildman–Crippen MR) is 64.3 cm³/mol. The molecule has 2 atom stereocenters. The average Bonchev–Trinajstić information content (AvgIpc) is 2.33. The van der Waals surface area contributed by atoms with E-state index in [0.29, 0.717) is 6.04 Å². The maximum absolute atomic E-state index is 5.87. The zero-order valence-electron chi connectivity index (χ0n) is 10.1. The molecule has 0 aliphatic carbocycles. The first kappa shape index (κ1) is 11.6. The van der Waals surface area contributed by atoms with Crippen LogP contribution in [0, 0.1) is 0 Å². The summed E-state index contributed by atoms with van der Waals surface area (Å²) in [6.07, 6.45) is 5.10. The quantitative estimate of drug-likeness (QED) is 0.781. The lowest BCUT2D eigenvalue weighted by Gasteiger charge is -2.37. The molecular formula is C13H20N2O. The molecule has 0 N–H and O–H groups in total. The van der Waals surface area contributed by atoms with Crippen molar-refractivity contribution in [3.63, 3.8) is 0 Å². The van der Waals surface area contributed by atoms with Crippen molar-refractivity contribution in [2.75, 3.05) is 19.7 Å². The van der Waals surface area contributed by atoms with Gasteiger partial charge in [-0.25, -0.2) is 0 Å². The lowest BCUT2D eigenvalue weighted by Crippen LogP contribution is -2.45. The summed E-state index contributed by atoms with van der Waals surface area (Å²) in [7, 11) is 0. The minimum Gasteiger partial charge on any atom is -0.371 e. The van der Waals surface area contributed by atoms with Gasteiger partial charge in [-0.2, -0.15) is 0 Å². The van der Waals surface area contributed by atoms with E-state index in [4.69, 9.17) is 4.74 Å². The number of morpholine rings is 1. The number of nitrogens with zero attached hydrogens (tertiary/aromatic N) is 2. The molecule has 1 saturated heterocycles. The number of aromatic nitrogens is 1. The maximum atomic E-state index is 5.87. The number of hydrogen-bond donors (Lipinski definition) is 0. The van der Waals surface area contributed by atoms with Crippen LogP contribution in [0.4, 0.5) is 0 Å². The number of ether oxygens (including phenoxy) is 1. The number of hydrogen-bond acceptors (Lipinski definition) is 3. The molecule has 1 aliphatic rings. The van der Waals surface area contributed by atoms with Gasteiger partial charge in [0.05, 0.1) is 12.7 Å². The summed E-state index contributed by atoms with van der Waals surface area (Å²) in [4.78, 5) is 6.65. The van der Waals surface area contributed by atoms with Gasteiger partial charge >= 0.3 is 0 Å². The third kappa shape index (κ3) is 2.60. The van der Waals surface area contributed by atoms with E-state index >= 15 is 0 Å². The Morgan fingerprint density at radius 1 is 1.56 bits per heavy atom. The van der Waals surface area contributed by atoms with Crippen molar-refractivity contribution in [2.24, 2.45) is 0 Å². The largest absolute Gasteiger partial charge is 0.371 e. The maximum Gasteiger partial charge on any atom is 0.0967 e. The molecule has 1 fully saturated rings.